The van der Waals surface area contributed by atoms with Crippen molar-refractivity contribution in [3.63, 3.8) is 0 Å². The number of pyridine rings is 1. The van der Waals surface area contributed by atoms with E-state index in [9.17, 15) is 9.59 Å². The fourth-order valence-corrected chi connectivity index (χ4v) is 3.24. The van der Waals surface area contributed by atoms with Crippen LogP contribution in [-0.4, -0.2) is 28.4 Å². The van der Waals surface area contributed by atoms with E-state index in [0.29, 0.717) is 28.8 Å². The molecule has 0 aliphatic rings. The van der Waals surface area contributed by atoms with Crippen LogP contribution < -0.4 is 10.6 Å². The number of hydrogen-bond acceptors (Lipinski definition) is 3. The van der Waals surface area contributed by atoms with Crippen LogP contribution in [0.2, 0.25) is 10.0 Å². The summed E-state index contributed by atoms with van der Waals surface area (Å²) in [6.07, 6.45) is 1.84. The van der Waals surface area contributed by atoms with Gasteiger partial charge in [-0.15, -0.1) is 0 Å². The predicted molar refractivity (Wildman–Crippen MR) is 123 cm³/mol. The van der Waals surface area contributed by atoms with Crippen LogP contribution in [0.4, 0.5) is 10.5 Å². The van der Waals surface area contributed by atoms with Crippen molar-refractivity contribution in [1.29, 1.82) is 0 Å². The standard InChI is InChI=1S/C23H22Cl2N4O2/c24-20-10-9-17(14-21(20)25)15-29(16-19-8-4-5-12-26-19)22(30)11-13-27-23(31)28-18-6-2-1-3-7-18/h1-10,12,14H,11,13,15-16H2,(H2,27,28,31). The lowest BCUT2D eigenvalue weighted by molar-refractivity contribution is -0.132. The third-order valence-electron chi connectivity index (χ3n) is 4.45. The minimum Gasteiger partial charge on any atom is -0.337 e. The zero-order valence-electron chi connectivity index (χ0n) is 16.7. The Kier molecular flexibility index (Phi) is 8.27. The molecule has 0 unspecified atom stereocenters. The Bertz CT molecular complexity index is 1020. The van der Waals surface area contributed by atoms with E-state index < -0.39 is 0 Å². The van der Waals surface area contributed by atoms with E-state index in [1.54, 1.807) is 35.4 Å². The molecule has 2 aromatic carbocycles. The van der Waals surface area contributed by atoms with Crippen LogP contribution in [0, 0.1) is 0 Å². The van der Waals surface area contributed by atoms with Crippen LogP contribution in [-0.2, 0) is 17.9 Å². The lowest BCUT2D eigenvalue weighted by atomic mass is 10.2. The summed E-state index contributed by atoms with van der Waals surface area (Å²) in [5, 5.41) is 6.33. The highest BCUT2D eigenvalue weighted by molar-refractivity contribution is 6.42. The molecule has 3 aromatic rings. The summed E-state index contributed by atoms with van der Waals surface area (Å²) in [7, 11) is 0. The molecule has 0 aliphatic heterocycles. The van der Waals surface area contributed by atoms with Crippen molar-refractivity contribution in [2.45, 2.75) is 19.5 Å². The number of benzene rings is 2. The Morgan fingerprint density at radius 1 is 0.903 bits per heavy atom. The molecular weight excluding hydrogens is 435 g/mol. The topological polar surface area (TPSA) is 74.3 Å². The second-order valence-electron chi connectivity index (χ2n) is 6.82. The maximum Gasteiger partial charge on any atom is 0.319 e. The number of nitrogens with one attached hydrogen (secondary N) is 2. The van der Waals surface area contributed by atoms with Gasteiger partial charge in [0.25, 0.3) is 0 Å². The highest BCUT2D eigenvalue weighted by atomic mass is 35.5. The second kappa shape index (κ2) is 11.3. The Morgan fingerprint density at radius 2 is 1.68 bits per heavy atom. The first-order chi connectivity index (χ1) is 15.0. The van der Waals surface area contributed by atoms with Crippen molar-refractivity contribution in [2.24, 2.45) is 0 Å². The van der Waals surface area contributed by atoms with E-state index in [-0.39, 0.29) is 24.9 Å². The molecule has 0 fully saturated rings. The molecule has 1 heterocycles. The third kappa shape index (κ3) is 7.27. The van der Waals surface area contributed by atoms with Gasteiger partial charge in [-0.05, 0) is 42.0 Å². The smallest absolute Gasteiger partial charge is 0.319 e. The molecule has 0 bridgehead atoms. The third-order valence-corrected chi connectivity index (χ3v) is 5.18. The number of anilines is 1. The van der Waals surface area contributed by atoms with Crippen molar-refractivity contribution in [3.8, 4) is 0 Å². The van der Waals surface area contributed by atoms with Gasteiger partial charge < -0.3 is 15.5 Å². The molecule has 0 radical (unpaired) electrons. The minimum atomic E-state index is -0.361. The summed E-state index contributed by atoms with van der Waals surface area (Å²) < 4.78 is 0. The summed E-state index contributed by atoms with van der Waals surface area (Å²) in [6.45, 7) is 0.899. The number of carbonyl (C=O) groups excluding carboxylic acids is 2. The molecule has 1 aromatic heterocycles. The fraction of sp³-hybridized carbons (Fsp3) is 0.174. The average molecular weight is 457 g/mol. The number of halogens is 2. The SMILES string of the molecule is O=C(NCCC(=O)N(Cc1ccc(Cl)c(Cl)c1)Cc1ccccn1)Nc1ccccc1. The first-order valence-electron chi connectivity index (χ1n) is 9.73. The summed E-state index contributed by atoms with van der Waals surface area (Å²) in [6, 6.07) is 19.6. The van der Waals surface area contributed by atoms with E-state index in [2.05, 4.69) is 15.6 Å². The van der Waals surface area contributed by atoms with Crippen molar-refractivity contribution in [3.05, 3.63) is 94.2 Å². The molecule has 3 rings (SSSR count). The predicted octanol–water partition coefficient (Wildman–Crippen LogP) is 5.13. The van der Waals surface area contributed by atoms with E-state index in [4.69, 9.17) is 23.2 Å². The van der Waals surface area contributed by atoms with Gasteiger partial charge in [-0.1, -0.05) is 53.5 Å². The maximum absolute atomic E-state index is 12.9. The minimum absolute atomic E-state index is 0.114. The van der Waals surface area contributed by atoms with Gasteiger partial charge >= 0.3 is 6.03 Å². The Hall–Kier alpha value is -3.09. The average Bonchev–Trinajstić information content (AvgIpc) is 2.77. The lowest BCUT2D eigenvalue weighted by Crippen LogP contribution is -2.35. The van der Waals surface area contributed by atoms with Gasteiger partial charge in [0.15, 0.2) is 0 Å². The summed E-state index contributed by atoms with van der Waals surface area (Å²) >= 11 is 12.1. The molecule has 0 aliphatic carbocycles. The lowest BCUT2D eigenvalue weighted by Gasteiger charge is -2.23. The van der Waals surface area contributed by atoms with Crippen molar-refractivity contribution in [2.75, 3.05) is 11.9 Å². The number of urea groups is 1. The molecule has 31 heavy (non-hydrogen) atoms. The van der Waals surface area contributed by atoms with Crippen LogP contribution in [0.1, 0.15) is 17.7 Å². The van der Waals surface area contributed by atoms with Crippen molar-refractivity contribution < 1.29 is 9.59 Å². The molecule has 8 heteroatoms. The number of para-hydroxylation sites is 1. The van der Waals surface area contributed by atoms with Crippen LogP contribution in [0.3, 0.4) is 0 Å². The highest BCUT2D eigenvalue weighted by Gasteiger charge is 2.16. The number of aromatic nitrogens is 1. The maximum atomic E-state index is 12.9. The van der Waals surface area contributed by atoms with Gasteiger partial charge in [-0.3, -0.25) is 9.78 Å². The summed E-state index contributed by atoms with van der Waals surface area (Å²) in [4.78, 5) is 30.9. The molecule has 0 saturated carbocycles. The number of hydrogen-bond donors (Lipinski definition) is 2. The zero-order chi connectivity index (χ0) is 22.1. The first kappa shape index (κ1) is 22.6. The summed E-state index contributed by atoms with van der Waals surface area (Å²) in [5.41, 5.74) is 2.31. The van der Waals surface area contributed by atoms with Crippen LogP contribution in [0.15, 0.2) is 72.9 Å². The molecule has 6 nitrogen and oxygen atoms in total. The number of rotatable bonds is 8. The highest BCUT2D eigenvalue weighted by Crippen LogP contribution is 2.23. The van der Waals surface area contributed by atoms with Crippen LogP contribution in [0.5, 0.6) is 0 Å². The molecule has 0 saturated heterocycles. The van der Waals surface area contributed by atoms with Crippen molar-refractivity contribution in [1.82, 2.24) is 15.2 Å². The molecular formula is C23H22Cl2N4O2. The molecule has 160 valence electrons. The Labute approximate surface area is 191 Å². The molecule has 3 amide bonds. The molecule has 0 spiro atoms. The zero-order valence-corrected chi connectivity index (χ0v) is 18.2. The molecule has 2 N–H and O–H groups in total. The van der Waals surface area contributed by atoms with E-state index >= 15 is 0 Å². The molecule has 0 atom stereocenters. The van der Waals surface area contributed by atoms with Crippen molar-refractivity contribution >= 4 is 40.8 Å². The summed E-state index contributed by atoms with van der Waals surface area (Å²) in [5.74, 6) is -0.114. The van der Waals surface area contributed by atoms with Gasteiger partial charge in [0.05, 0.1) is 22.3 Å². The first-order valence-corrected chi connectivity index (χ1v) is 10.5. The monoisotopic (exact) mass is 456 g/mol. The van der Waals surface area contributed by atoms with Gasteiger partial charge in [0.1, 0.15) is 0 Å². The van der Waals surface area contributed by atoms with Gasteiger partial charge in [-0.2, -0.15) is 0 Å². The normalized spacial score (nSPS) is 10.4. The van der Waals surface area contributed by atoms with Gasteiger partial charge in [-0.25, -0.2) is 4.79 Å². The fourth-order valence-electron chi connectivity index (χ4n) is 2.92. The number of nitrogens with zero attached hydrogens (tertiary/aromatic N) is 2. The largest absolute Gasteiger partial charge is 0.337 e. The second-order valence-corrected chi connectivity index (χ2v) is 7.63. The van der Waals surface area contributed by atoms with Gasteiger partial charge in [0.2, 0.25) is 5.91 Å². The van der Waals surface area contributed by atoms with Gasteiger partial charge in [0, 0.05) is 31.4 Å². The van der Waals surface area contributed by atoms with Crippen LogP contribution in [0.25, 0.3) is 0 Å². The van der Waals surface area contributed by atoms with E-state index in [0.717, 1.165) is 11.3 Å². The van der Waals surface area contributed by atoms with E-state index in [1.807, 2.05) is 42.5 Å². The van der Waals surface area contributed by atoms with Crippen LogP contribution >= 0.6 is 23.2 Å². The quantitative estimate of drug-likeness (QED) is 0.493. The van der Waals surface area contributed by atoms with E-state index in [1.165, 1.54) is 0 Å². The number of carbonyl (C=O) groups is 2. The Balaban J connectivity index is 1.59. The Morgan fingerprint density at radius 3 is 2.39 bits per heavy atom. The number of amides is 3.